The number of anilines is 2. The first kappa shape index (κ1) is 26.2. The van der Waals surface area contributed by atoms with Gasteiger partial charge in [-0.05, 0) is 54.9 Å². The number of nitrogens with zero attached hydrogens (tertiary/aromatic N) is 1. The summed E-state index contributed by atoms with van der Waals surface area (Å²) in [5, 5.41) is 10.5. The second kappa shape index (κ2) is 14.2. The van der Waals surface area contributed by atoms with E-state index in [0.717, 1.165) is 12.8 Å². The molecule has 3 aromatic rings. The van der Waals surface area contributed by atoms with Crippen LogP contribution in [0.3, 0.4) is 0 Å². The fourth-order valence-corrected chi connectivity index (χ4v) is 3.74. The van der Waals surface area contributed by atoms with Crippen LogP contribution in [-0.2, 0) is 12.8 Å². The highest BCUT2D eigenvalue weighted by Gasteiger charge is 2.22. The smallest absolute Gasteiger partial charge is 0.253 e. The third kappa shape index (κ3) is 7.71. The zero-order valence-electron chi connectivity index (χ0n) is 18.9. The maximum Gasteiger partial charge on any atom is 0.253 e. The van der Waals surface area contributed by atoms with Crippen LogP contribution in [0.15, 0.2) is 56.7 Å². The van der Waals surface area contributed by atoms with Crippen molar-refractivity contribution in [2.45, 2.75) is 32.7 Å². The molecule has 31 heavy (non-hydrogen) atoms. The van der Waals surface area contributed by atoms with Crippen LogP contribution in [0.5, 0.6) is 0 Å². The van der Waals surface area contributed by atoms with E-state index < -0.39 is 10.9 Å². The number of hydrogen-bond donors (Lipinski definition) is 2. The Balaban J connectivity index is 0.00000113. The van der Waals surface area contributed by atoms with E-state index in [-0.39, 0.29) is 6.04 Å². The Morgan fingerprint density at radius 3 is 2.10 bits per heavy atom. The molecule has 0 unspecified atom stereocenters. The SMILES string of the molecule is C#C.CC.CN(C)[C@H](CNc1c(NCCc2ccsc2)c(=O)c1=O)Cc1ccccc1. The Hall–Kier alpha value is -2.88. The van der Waals surface area contributed by atoms with Crippen LogP contribution >= 0.6 is 11.3 Å². The average Bonchev–Trinajstić information content (AvgIpc) is 3.33. The van der Waals surface area contributed by atoms with Crippen molar-refractivity contribution in [3.63, 3.8) is 0 Å². The normalized spacial score (nSPS) is 11.1. The Morgan fingerprint density at radius 2 is 1.55 bits per heavy atom. The Bertz CT molecular complexity index is 956. The minimum Gasteiger partial charge on any atom is -0.380 e. The molecule has 0 aliphatic carbocycles. The molecule has 2 aromatic carbocycles. The van der Waals surface area contributed by atoms with Crippen molar-refractivity contribution in [1.29, 1.82) is 0 Å². The standard InChI is InChI=1S/C21H25N3O2S.C2H6.C2H2/c1-24(2)17(12-15-6-4-3-5-7-15)13-23-19-18(20(25)21(19)26)22-10-8-16-9-11-27-14-16;2*1-2/h3-7,9,11,14,17,22-23H,8,10,12-13H2,1-2H3;1-2H3;1-2H/t17-;;/m0../s1. The minimum absolute atomic E-state index is 0.218. The number of terminal acetylenes is 1. The van der Waals surface area contributed by atoms with E-state index in [4.69, 9.17) is 0 Å². The molecule has 0 aliphatic rings. The predicted molar refractivity (Wildman–Crippen MR) is 135 cm³/mol. The van der Waals surface area contributed by atoms with Gasteiger partial charge in [0.1, 0.15) is 11.4 Å². The molecular weight excluding hydrogens is 406 g/mol. The molecule has 0 fully saturated rings. The fraction of sp³-hybridized carbons (Fsp3) is 0.360. The third-order valence-electron chi connectivity index (χ3n) is 4.76. The first-order chi connectivity index (χ1) is 15.1. The summed E-state index contributed by atoms with van der Waals surface area (Å²) in [7, 11) is 4.05. The van der Waals surface area contributed by atoms with E-state index in [1.807, 2.05) is 51.5 Å². The predicted octanol–water partition coefficient (Wildman–Crippen LogP) is 3.86. The van der Waals surface area contributed by atoms with Gasteiger partial charge in [0.2, 0.25) is 0 Å². The van der Waals surface area contributed by atoms with Crippen LogP contribution in [0.1, 0.15) is 25.0 Å². The van der Waals surface area contributed by atoms with Crippen LogP contribution < -0.4 is 21.5 Å². The number of likely N-dealkylation sites (N-methyl/N-ethyl adjacent to an activating group) is 1. The molecule has 6 heteroatoms. The molecule has 0 aliphatic heterocycles. The number of benzene rings is 1. The molecule has 0 radical (unpaired) electrons. The lowest BCUT2D eigenvalue weighted by Gasteiger charge is -2.26. The Labute approximate surface area is 189 Å². The summed E-state index contributed by atoms with van der Waals surface area (Å²) < 4.78 is 0. The highest BCUT2D eigenvalue weighted by atomic mass is 32.1. The third-order valence-corrected chi connectivity index (χ3v) is 5.50. The van der Waals surface area contributed by atoms with E-state index in [1.54, 1.807) is 11.3 Å². The first-order valence-corrected chi connectivity index (χ1v) is 11.4. The molecule has 166 valence electrons. The molecule has 2 N–H and O–H groups in total. The number of hydrogen-bond acceptors (Lipinski definition) is 6. The van der Waals surface area contributed by atoms with Crippen LogP contribution in [0, 0.1) is 12.8 Å². The van der Waals surface area contributed by atoms with Gasteiger partial charge in [0.15, 0.2) is 0 Å². The van der Waals surface area contributed by atoms with Gasteiger partial charge >= 0.3 is 0 Å². The first-order valence-electron chi connectivity index (χ1n) is 10.4. The van der Waals surface area contributed by atoms with Crippen LogP contribution in [0.2, 0.25) is 0 Å². The summed E-state index contributed by atoms with van der Waals surface area (Å²) >= 11 is 1.66. The van der Waals surface area contributed by atoms with Crippen molar-refractivity contribution in [2.75, 3.05) is 37.8 Å². The molecular formula is C25H33N3O2S. The van der Waals surface area contributed by atoms with Crippen molar-refractivity contribution in [1.82, 2.24) is 4.90 Å². The molecule has 0 bridgehead atoms. The number of thiophene rings is 1. The molecule has 1 heterocycles. The average molecular weight is 440 g/mol. The van der Waals surface area contributed by atoms with E-state index in [9.17, 15) is 9.59 Å². The van der Waals surface area contributed by atoms with E-state index in [1.165, 1.54) is 11.1 Å². The van der Waals surface area contributed by atoms with Gasteiger partial charge in [-0.15, -0.1) is 12.8 Å². The molecule has 0 amide bonds. The van der Waals surface area contributed by atoms with Gasteiger partial charge < -0.3 is 15.5 Å². The summed E-state index contributed by atoms with van der Waals surface area (Å²) in [5.41, 5.74) is 2.48. The zero-order valence-corrected chi connectivity index (χ0v) is 19.7. The van der Waals surface area contributed by atoms with E-state index in [2.05, 4.69) is 52.0 Å². The van der Waals surface area contributed by atoms with Gasteiger partial charge in [-0.2, -0.15) is 11.3 Å². The minimum atomic E-state index is -0.426. The number of nitrogens with one attached hydrogen (secondary N) is 2. The van der Waals surface area contributed by atoms with Gasteiger partial charge in [0.05, 0.1) is 0 Å². The number of rotatable bonds is 10. The summed E-state index contributed by atoms with van der Waals surface area (Å²) in [4.78, 5) is 26.0. The molecule has 1 aromatic heterocycles. The van der Waals surface area contributed by atoms with Crippen LogP contribution in [0.25, 0.3) is 0 Å². The molecule has 5 nitrogen and oxygen atoms in total. The van der Waals surface area contributed by atoms with Crippen LogP contribution in [0.4, 0.5) is 11.4 Å². The lowest BCUT2D eigenvalue weighted by atomic mass is 10.0. The zero-order chi connectivity index (χ0) is 23.2. The van der Waals surface area contributed by atoms with Gasteiger partial charge in [0, 0.05) is 19.1 Å². The van der Waals surface area contributed by atoms with Crippen molar-refractivity contribution in [3.05, 3.63) is 78.7 Å². The monoisotopic (exact) mass is 439 g/mol. The molecule has 3 rings (SSSR count). The Morgan fingerprint density at radius 1 is 0.935 bits per heavy atom. The molecule has 0 saturated carbocycles. The van der Waals surface area contributed by atoms with Gasteiger partial charge in [-0.25, -0.2) is 0 Å². The largest absolute Gasteiger partial charge is 0.380 e. The van der Waals surface area contributed by atoms with Crippen molar-refractivity contribution in [3.8, 4) is 12.8 Å². The van der Waals surface area contributed by atoms with E-state index in [0.29, 0.717) is 24.5 Å². The fourth-order valence-electron chi connectivity index (χ4n) is 3.04. The van der Waals surface area contributed by atoms with Crippen molar-refractivity contribution >= 4 is 22.7 Å². The summed E-state index contributed by atoms with van der Waals surface area (Å²) in [5.74, 6) is 0. The molecule has 0 spiro atoms. The van der Waals surface area contributed by atoms with Crippen LogP contribution in [-0.4, -0.2) is 38.1 Å². The van der Waals surface area contributed by atoms with Gasteiger partial charge in [0.25, 0.3) is 10.9 Å². The summed E-state index contributed by atoms with van der Waals surface area (Å²) in [6, 6.07) is 12.6. The van der Waals surface area contributed by atoms with E-state index >= 15 is 0 Å². The maximum absolute atomic E-state index is 12.0. The second-order valence-corrected chi connectivity index (χ2v) is 7.68. The maximum atomic E-state index is 12.0. The van der Waals surface area contributed by atoms with Crippen molar-refractivity contribution < 1.29 is 0 Å². The quantitative estimate of drug-likeness (QED) is 0.371. The second-order valence-electron chi connectivity index (χ2n) is 6.90. The lowest BCUT2D eigenvalue weighted by molar-refractivity contribution is 0.303. The van der Waals surface area contributed by atoms with Gasteiger partial charge in [-0.1, -0.05) is 44.2 Å². The summed E-state index contributed by atoms with van der Waals surface area (Å²) in [6.07, 6.45) is 9.70. The highest BCUT2D eigenvalue weighted by Crippen LogP contribution is 2.16. The lowest BCUT2D eigenvalue weighted by Crippen LogP contribution is -2.42. The van der Waals surface area contributed by atoms with Crippen molar-refractivity contribution in [2.24, 2.45) is 0 Å². The van der Waals surface area contributed by atoms with Gasteiger partial charge in [-0.3, -0.25) is 9.59 Å². The summed E-state index contributed by atoms with van der Waals surface area (Å²) in [6.45, 7) is 5.24. The Kier molecular flexibility index (Phi) is 12.0. The molecule has 0 saturated heterocycles. The molecule has 1 atom stereocenters. The topological polar surface area (TPSA) is 61.4 Å². The highest BCUT2D eigenvalue weighted by molar-refractivity contribution is 7.07.